The summed E-state index contributed by atoms with van der Waals surface area (Å²) in [7, 11) is 1.49. The smallest absolute Gasteiger partial charge is 0.324 e. The molecule has 0 amide bonds. The molecular weight excluding hydrogens is 409 g/mol. The van der Waals surface area contributed by atoms with Gasteiger partial charge >= 0.3 is 6.92 Å². The van der Waals surface area contributed by atoms with Crippen LogP contribution in [-0.4, -0.2) is 34.2 Å². The van der Waals surface area contributed by atoms with E-state index < -0.39 is 13.3 Å². The Kier molecular flexibility index (Phi) is 5.36. The third kappa shape index (κ3) is 3.59. The molecule has 0 spiro atoms. The lowest BCUT2D eigenvalue weighted by atomic mass is 9.63. The van der Waals surface area contributed by atoms with Crippen molar-refractivity contribution < 1.29 is 18.5 Å². The van der Waals surface area contributed by atoms with Crippen LogP contribution >= 0.6 is 11.3 Å². The van der Waals surface area contributed by atoms with Gasteiger partial charge in [-0.3, -0.25) is 0 Å². The maximum Gasteiger partial charge on any atom is 0.324 e. The summed E-state index contributed by atoms with van der Waals surface area (Å²) < 4.78 is 31.7. The third-order valence-corrected chi connectivity index (χ3v) is 5.81. The van der Waals surface area contributed by atoms with Crippen LogP contribution in [0.4, 0.5) is 14.5 Å². The summed E-state index contributed by atoms with van der Waals surface area (Å²) in [6.07, 6.45) is 0.0568. The fraction of sp³-hybridized carbons (Fsp3) is 0.150. The highest BCUT2D eigenvalue weighted by Crippen LogP contribution is 2.39. The van der Waals surface area contributed by atoms with E-state index in [4.69, 9.17) is 10.5 Å². The summed E-state index contributed by atoms with van der Waals surface area (Å²) in [5.74, 6) is 0.447. The molecule has 3 N–H and O–H groups in total. The van der Waals surface area contributed by atoms with Crippen LogP contribution in [0.1, 0.15) is 11.3 Å². The van der Waals surface area contributed by atoms with Crippen LogP contribution < -0.4 is 15.9 Å². The van der Waals surface area contributed by atoms with Gasteiger partial charge in [-0.2, -0.15) is 10.2 Å². The number of hydrogen-bond donors (Lipinski definition) is 2. The highest BCUT2D eigenvalue weighted by molar-refractivity contribution is 7.15. The van der Waals surface area contributed by atoms with Crippen molar-refractivity contribution in [3.05, 3.63) is 47.6 Å². The zero-order valence-corrected chi connectivity index (χ0v) is 17.0. The molecule has 4 rings (SSSR count). The number of hydrogen-bond acceptors (Lipinski definition) is 7. The zero-order valence-electron chi connectivity index (χ0n) is 16.1. The van der Waals surface area contributed by atoms with Crippen LogP contribution in [0, 0.1) is 0 Å². The monoisotopic (exact) mass is 426 g/mol. The van der Waals surface area contributed by atoms with Crippen molar-refractivity contribution in [2.45, 2.75) is 13.2 Å². The van der Waals surface area contributed by atoms with Crippen LogP contribution in [-0.2, 0) is 0 Å². The van der Waals surface area contributed by atoms with Gasteiger partial charge in [0.1, 0.15) is 10.8 Å². The highest BCUT2D eigenvalue weighted by Gasteiger charge is 2.22. The second-order valence-electron chi connectivity index (χ2n) is 6.72. The molecule has 0 fully saturated rings. The number of nitrogen functional groups attached to an aromatic ring is 1. The van der Waals surface area contributed by atoms with Crippen molar-refractivity contribution in [1.29, 1.82) is 0 Å². The number of anilines is 1. The highest BCUT2D eigenvalue weighted by atomic mass is 32.1. The van der Waals surface area contributed by atoms with Crippen LogP contribution in [0.2, 0.25) is 6.82 Å². The first kappa shape index (κ1) is 20.2. The molecule has 0 aliphatic rings. The Balaban J connectivity index is 1.97. The van der Waals surface area contributed by atoms with Gasteiger partial charge in [0.25, 0.3) is 6.43 Å². The Morgan fingerprint density at radius 2 is 1.97 bits per heavy atom. The number of halogens is 2. The predicted molar refractivity (Wildman–Crippen MR) is 115 cm³/mol. The van der Waals surface area contributed by atoms with Gasteiger partial charge < -0.3 is 15.5 Å². The first-order valence-electron chi connectivity index (χ1n) is 9.04. The van der Waals surface area contributed by atoms with Crippen molar-refractivity contribution in [1.82, 2.24) is 15.2 Å². The number of methoxy groups -OCH3 is 1. The van der Waals surface area contributed by atoms with Crippen LogP contribution in [0.5, 0.6) is 5.75 Å². The summed E-state index contributed by atoms with van der Waals surface area (Å²) in [6.45, 7) is 0.836. The van der Waals surface area contributed by atoms with E-state index >= 15 is 0 Å². The molecule has 2 aromatic carbocycles. The normalized spacial score (nSPS) is 11.3. The van der Waals surface area contributed by atoms with E-state index in [2.05, 4.69) is 15.2 Å². The molecule has 4 aromatic rings. The Morgan fingerprint density at radius 3 is 2.63 bits per heavy atom. The number of nitrogens with zero attached hydrogens (tertiary/aromatic N) is 3. The molecule has 6 nitrogen and oxygen atoms in total. The Bertz CT molecular complexity index is 1230. The van der Waals surface area contributed by atoms with Crippen molar-refractivity contribution in [3.8, 4) is 27.4 Å². The van der Waals surface area contributed by atoms with E-state index in [1.54, 1.807) is 19.0 Å². The van der Waals surface area contributed by atoms with E-state index in [0.29, 0.717) is 38.6 Å². The third-order valence-electron chi connectivity index (χ3n) is 4.77. The first-order chi connectivity index (χ1) is 14.4. The van der Waals surface area contributed by atoms with Gasteiger partial charge in [0, 0.05) is 17.1 Å². The Labute approximate surface area is 175 Å². The first-order valence-corrected chi connectivity index (χ1v) is 9.86. The largest absolute Gasteiger partial charge is 0.497 e. The van der Waals surface area contributed by atoms with E-state index in [-0.39, 0.29) is 4.88 Å². The average Bonchev–Trinajstić information content (AvgIpc) is 3.23. The number of benzene rings is 2. The standard InChI is InChI=1S/C20H17BF2N4O2S/c1-21(28)14-6-12(10-3-4-11-15(24)8-26-27-16(11)5-10)13(7-17(14)29-2)20-25-9-18(30-20)19(22)23/h3-9,19,28H,1-2H3,(H2,24,27). The summed E-state index contributed by atoms with van der Waals surface area (Å²) >= 11 is 0.915. The van der Waals surface area contributed by atoms with E-state index in [9.17, 15) is 13.8 Å². The predicted octanol–water partition coefficient (Wildman–Crippen LogP) is 3.77. The maximum absolute atomic E-state index is 13.1. The lowest BCUT2D eigenvalue weighted by Crippen LogP contribution is -2.28. The summed E-state index contributed by atoms with van der Waals surface area (Å²) in [4.78, 5) is 4.07. The number of nitrogens with two attached hydrogens (primary N) is 1. The van der Waals surface area contributed by atoms with Crippen LogP contribution in [0.15, 0.2) is 42.7 Å². The van der Waals surface area contributed by atoms with Gasteiger partial charge in [-0.05, 0) is 34.8 Å². The Morgan fingerprint density at radius 1 is 1.17 bits per heavy atom. The number of aromatic nitrogens is 3. The zero-order chi connectivity index (χ0) is 21.4. The summed E-state index contributed by atoms with van der Waals surface area (Å²) in [6, 6.07) is 9.00. The summed E-state index contributed by atoms with van der Waals surface area (Å²) in [5.41, 5.74) is 9.72. The van der Waals surface area contributed by atoms with Gasteiger partial charge in [0.05, 0.1) is 29.4 Å². The molecule has 152 valence electrons. The maximum atomic E-state index is 13.1. The number of rotatable bonds is 5. The molecule has 0 bridgehead atoms. The molecule has 10 heteroatoms. The van der Waals surface area contributed by atoms with E-state index in [0.717, 1.165) is 22.3 Å². The molecule has 0 radical (unpaired) electrons. The molecule has 2 heterocycles. The molecular formula is C20H17BF2N4O2S. The minimum absolute atomic E-state index is 0.119. The van der Waals surface area contributed by atoms with Gasteiger partial charge in [-0.25, -0.2) is 13.8 Å². The topological polar surface area (TPSA) is 94.2 Å². The minimum Gasteiger partial charge on any atom is -0.497 e. The SMILES string of the molecule is COc1cc(-c2ncc(C(F)F)s2)c(-c2ccc3c(N)cnnc3c2)cc1B(C)O. The van der Waals surface area contributed by atoms with E-state index in [1.807, 2.05) is 18.2 Å². The number of ether oxygens (including phenoxy) is 1. The fourth-order valence-electron chi connectivity index (χ4n) is 3.28. The second-order valence-corrected chi connectivity index (χ2v) is 7.78. The molecule has 0 saturated carbocycles. The average molecular weight is 426 g/mol. The molecule has 0 aliphatic heterocycles. The lowest BCUT2D eigenvalue weighted by Gasteiger charge is -2.16. The minimum atomic E-state index is -2.60. The molecule has 2 aromatic heterocycles. The molecule has 0 aliphatic carbocycles. The van der Waals surface area contributed by atoms with Gasteiger partial charge in [-0.1, -0.05) is 19.0 Å². The fourth-order valence-corrected chi connectivity index (χ4v) is 4.08. The lowest BCUT2D eigenvalue weighted by molar-refractivity contribution is 0.155. The van der Waals surface area contributed by atoms with Crippen molar-refractivity contribution >= 4 is 40.3 Å². The van der Waals surface area contributed by atoms with Gasteiger partial charge in [-0.15, -0.1) is 11.3 Å². The molecule has 0 unspecified atom stereocenters. The molecule has 30 heavy (non-hydrogen) atoms. The number of thiazole rings is 1. The second kappa shape index (κ2) is 7.96. The van der Waals surface area contributed by atoms with Gasteiger partial charge in [0.15, 0.2) is 0 Å². The quantitative estimate of drug-likeness (QED) is 0.472. The number of fused-ring (bicyclic) bond motifs is 1. The van der Waals surface area contributed by atoms with Crippen molar-refractivity contribution in [3.63, 3.8) is 0 Å². The Hall–Kier alpha value is -3.11. The van der Waals surface area contributed by atoms with E-state index in [1.165, 1.54) is 19.5 Å². The van der Waals surface area contributed by atoms with Crippen molar-refractivity contribution in [2.24, 2.45) is 0 Å². The molecule has 0 atom stereocenters. The number of alkyl halides is 2. The van der Waals surface area contributed by atoms with Crippen molar-refractivity contribution in [2.75, 3.05) is 12.8 Å². The van der Waals surface area contributed by atoms with Gasteiger partial charge in [0.2, 0.25) is 0 Å². The molecule has 0 saturated heterocycles. The summed E-state index contributed by atoms with van der Waals surface area (Å²) in [5, 5.41) is 19.4. The van der Waals surface area contributed by atoms with Crippen LogP contribution in [0.3, 0.4) is 0 Å². The van der Waals surface area contributed by atoms with Crippen LogP contribution in [0.25, 0.3) is 32.6 Å².